The topological polar surface area (TPSA) is 38.2 Å². The molecule has 2 aromatic rings. The van der Waals surface area contributed by atoms with E-state index in [1.807, 2.05) is 0 Å². The Bertz CT molecular complexity index is 576. The lowest BCUT2D eigenvalue weighted by Gasteiger charge is -2.32. The minimum Gasteiger partial charge on any atom is -0.378 e. The minimum atomic E-state index is 0.419. The normalized spacial score (nSPS) is 17.0. The van der Waals surface area contributed by atoms with Crippen LogP contribution in [-0.4, -0.2) is 35.8 Å². The lowest BCUT2D eigenvalue weighted by Crippen LogP contribution is -2.37. The molecule has 1 fully saturated rings. The van der Waals surface area contributed by atoms with E-state index < -0.39 is 0 Å². The summed E-state index contributed by atoms with van der Waals surface area (Å²) in [4.78, 5) is 13.8. The van der Waals surface area contributed by atoms with Gasteiger partial charge in [0.1, 0.15) is 17.0 Å². The second-order valence-corrected chi connectivity index (χ2v) is 6.24. The number of rotatable bonds is 4. The van der Waals surface area contributed by atoms with Crippen LogP contribution in [0.2, 0.25) is 0 Å². The van der Waals surface area contributed by atoms with Crippen LogP contribution in [0.3, 0.4) is 0 Å². The van der Waals surface area contributed by atoms with Crippen molar-refractivity contribution in [3.63, 3.8) is 0 Å². The van der Waals surface area contributed by atoms with Crippen LogP contribution in [0.15, 0.2) is 12.4 Å². The Balaban J connectivity index is 1.82. The SMILES string of the molecule is CCOC1CCN(c2ncnc3sc(CC)cc23)CC1. The van der Waals surface area contributed by atoms with E-state index in [-0.39, 0.29) is 0 Å². The van der Waals surface area contributed by atoms with E-state index in [1.165, 1.54) is 10.3 Å². The predicted molar refractivity (Wildman–Crippen MR) is 83.7 cm³/mol. The van der Waals surface area contributed by atoms with Crippen LogP contribution >= 0.6 is 11.3 Å². The van der Waals surface area contributed by atoms with Gasteiger partial charge in [0.25, 0.3) is 0 Å². The number of anilines is 1. The first-order chi connectivity index (χ1) is 9.81. The van der Waals surface area contributed by atoms with Gasteiger partial charge in [-0.05, 0) is 32.3 Å². The van der Waals surface area contributed by atoms with Crippen LogP contribution in [-0.2, 0) is 11.2 Å². The Labute approximate surface area is 123 Å². The monoisotopic (exact) mass is 291 g/mol. The zero-order valence-electron chi connectivity index (χ0n) is 12.1. The molecule has 0 unspecified atom stereocenters. The molecule has 20 heavy (non-hydrogen) atoms. The number of hydrogen-bond donors (Lipinski definition) is 0. The van der Waals surface area contributed by atoms with E-state index in [4.69, 9.17) is 4.74 Å². The number of nitrogens with zero attached hydrogens (tertiary/aromatic N) is 3. The van der Waals surface area contributed by atoms with Gasteiger partial charge in [-0.2, -0.15) is 0 Å². The molecule has 0 saturated carbocycles. The van der Waals surface area contributed by atoms with Gasteiger partial charge in [0.2, 0.25) is 0 Å². The van der Waals surface area contributed by atoms with E-state index in [9.17, 15) is 0 Å². The number of aryl methyl sites for hydroxylation is 1. The fraction of sp³-hybridized carbons (Fsp3) is 0.600. The minimum absolute atomic E-state index is 0.419. The molecule has 4 nitrogen and oxygen atoms in total. The fourth-order valence-electron chi connectivity index (χ4n) is 2.79. The van der Waals surface area contributed by atoms with Crippen molar-refractivity contribution in [1.82, 2.24) is 9.97 Å². The van der Waals surface area contributed by atoms with Crippen molar-refractivity contribution in [1.29, 1.82) is 0 Å². The van der Waals surface area contributed by atoms with Gasteiger partial charge < -0.3 is 9.64 Å². The number of fused-ring (bicyclic) bond motifs is 1. The summed E-state index contributed by atoms with van der Waals surface area (Å²) >= 11 is 1.78. The van der Waals surface area contributed by atoms with Gasteiger partial charge in [0.15, 0.2) is 0 Å². The van der Waals surface area contributed by atoms with Crippen molar-refractivity contribution in [2.45, 2.75) is 39.2 Å². The summed E-state index contributed by atoms with van der Waals surface area (Å²) in [7, 11) is 0. The smallest absolute Gasteiger partial charge is 0.140 e. The van der Waals surface area contributed by atoms with Gasteiger partial charge in [0, 0.05) is 24.6 Å². The van der Waals surface area contributed by atoms with Gasteiger partial charge in [0.05, 0.1) is 11.5 Å². The standard InChI is InChI=1S/C15H21N3OS/c1-3-12-9-13-14(16-10-17-15(13)20-12)18-7-5-11(6-8-18)19-4-2/h9-11H,3-8H2,1-2H3. The van der Waals surface area contributed by atoms with Gasteiger partial charge in [-0.1, -0.05) is 6.92 Å². The first kappa shape index (κ1) is 13.8. The highest BCUT2D eigenvalue weighted by Crippen LogP contribution is 2.31. The van der Waals surface area contributed by atoms with E-state index >= 15 is 0 Å². The van der Waals surface area contributed by atoms with Crippen LogP contribution in [0, 0.1) is 0 Å². The summed E-state index contributed by atoms with van der Waals surface area (Å²) in [5.74, 6) is 1.10. The van der Waals surface area contributed by atoms with Gasteiger partial charge in [-0.25, -0.2) is 9.97 Å². The third-order valence-corrected chi connectivity index (χ3v) is 5.04. The summed E-state index contributed by atoms with van der Waals surface area (Å²) in [6, 6.07) is 2.25. The highest BCUT2D eigenvalue weighted by molar-refractivity contribution is 7.18. The molecule has 0 bridgehead atoms. The number of ether oxygens (including phenoxy) is 1. The molecule has 0 atom stereocenters. The number of hydrogen-bond acceptors (Lipinski definition) is 5. The van der Waals surface area contributed by atoms with Crippen LogP contribution in [0.1, 0.15) is 31.6 Å². The molecule has 0 aromatic carbocycles. The maximum absolute atomic E-state index is 5.72. The highest BCUT2D eigenvalue weighted by atomic mass is 32.1. The molecule has 0 radical (unpaired) electrons. The molecule has 2 aromatic heterocycles. The first-order valence-electron chi connectivity index (χ1n) is 7.41. The van der Waals surface area contributed by atoms with E-state index in [2.05, 4.69) is 34.8 Å². The van der Waals surface area contributed by atoms with Crippen molar-refractivity contribution in [2.24, 2.45) is 0 Å². The molecule has 5 heteroatoms. The van der Waals surface area contributed by atoms with E-state index in [0.717, 1.165) is 49.6 Å². The summed E-state index contributed by atoms with van der Waals surface area (Å²) in [6.45, 7) is 7.11. The maximum Gasteiger partial charge on any atom is 0.140 e. The van der Waals surface area contributed by atoms with Gasteiger partial charge >= 0.3 is 0 Å². The lowest BCUT2D eigenvalue weighted by atomic mass is 10.1. The van der Waals surface area contributed by atoms with Crippen molar-refractivity contribution in [2.75, 3.05) is 24.6 Å². The first-order valence-corrected chi connectivity index (χ1v) is 8.23. The average molecular weight is 291 g/mol. The van der Waals surface area contributed by atoms with Crippen LogP contribution in [0.4, 0.5) is 5.82 Å². The molecule has 1 aliphatic heterocycles. The van der Waals surface area contributed by atoms with Crippen molar-refractivity contribution in [3.05, 3.63) is 17.3 Å². The Kier molecular flexibility index (Phi) is 4.17. The van der Waals surface area contributed by atoms with Crippen molar-refractivity contribution < 1.29 is 4.74 Å². The molecule has 0 N–H and O–H groups in total. The summed E-state index contributed by atoms with van der Waals surface area (Å²) in [5.41, 5.74) is 0. The van der Waals surface area contributed by atoms with Crippen molar-refractivity contribution >= 4 is 27.4 Å². The zero-order chi connectivity index (χ0) is 13.9. The summed E-state index contributed by atoms with van der Waals surface area (Å²) in [6.07, 6.45) is 5.35. The molecule has 1 saturated heterocycles. The number of piperidine rings is 1. The van der Waals surface area contributed by atoms with Crippen LogP contribution < -0.4 is 4.90 Å². The molecule has 108 valence electrons. The zero-order valence-corrected chi connectivity index (χ0v) is 12.9. The Morgan fingerprint density at radius 1 is 1.30 bits per heavy atom. The third kappa shape index (κ3) is 2.65. The van der Waals surface area contributed by atoms with Crippen LogP contribution in [0.5, 0.6) is 0 Å². The molecule has 0 spiro atoms. The Hall–Kier alpha value is -1.20. The number of thiophene rings is 1. The van der Waals surface area contributed by atoms with E-state index in [1.54, 1.807) is 17.7 Å². The molecular formula is C15H21N3OS. The lowest BCUT2D eigenvalue weighted by molar-refractivity contribution is 0.0459. The Morgan fingerprint density at radius 3 is 2.80 bits per heavy atom. The second-order valence-electron chi connectivity index (χ2n) is 5.12. The van der Waals surface area contributed by atoms with Crippen molar-refractivity contribution in [3.8, 4) is 0 Å². The largest absolute Gasteiger partial charge is 0.378 e. The maximum atomic E-state index is 5.72. The summed E-state index contributed by atoms with van der Waals surface area (Å²) in [5, 5.41) is 1.21. The molecule has 3 rings (SSSR count). The highest BCUT2D eigenvalue weighted by Gasteiger charge is 2.22. The molecular weight excluding hydrogens is 270 g/mol. The van der Waals surface area contributed by atoms with Gasteiger partial charge in [-0.3, -0.25) is 0 Å². The quantitative estimate of drug-likeness (QED) is 0.866. The summed E-state index contributed by atoms with van der Waals surface area (Å²) < 4.78 is 5.72. The second kappa shape index (κ2) is 6.06. The molecule has 0 amide bonds. The number of aromatic nitrogens is 2. The Morgan fingerprint density at radius 2 is 2.10 bits per heavy atom. The molecule has 3 heterocycles. The third-order valence-electron chi connectivity index (χ3n) is 3.85. The molecule has 1 aliphatic rings. The van der Waals surface area contributed by atoms with E-state index in [0.29, 0.717) is 6.10 Å². The fourth-order valence-corrected chi connectivity index (χ4v) is 3.72. The average Bonchev–Trinajstić information content (AvgIpc) is 2.91. The molecule has 0 aliphatic carbocycles. The predicted octanol–water partition coefficient (Wildman–Crippen LogP) is 3.26. The van der Waals surface area contributed by atoms with Gasteiger partial charge in [-0.15, -0.1) is 11.3 Å². The van der Waals surface area contributed by atoms with Crippen LogP contribution in [0.25, 0.3) is 10.2 Å².